The van der Waals surface area contributed by atoms with Gasteiger partial charge in [-0.05, 0) is 5.41 Å². The highest BCUT2D eigenvalue weighted by Gasteiger charge is 2.32. The van der Waals surface area contributed by atoms with Gasteiger partial charge in [-0.2, -0.15) is 0 Å². The first-order chi connectivity index (χ1) is 11.2. The summed E-state index contributed by atoms with van der Waals surface area (Å²) in [6.07, 6.45) is -0.740. The fraction of sp³-hybridized carbons (Fsp3) is 0.786. The van der Waals surface area contributed by atoms with E-state index in [2.05, 4.69) is 20.1 Å². The maximum Gasteiger partial charge on any atom is 0.407 e. The highest BCUT2D eigenvalue weighted by Crippen LogP contribution is 2.32. The zero-order valence-electron chi connectivity index (χ0n) is 13.2. The molecule has 3 aliphatic heterocycles. The van der Waals surface area contributed by atoms with Crippen molar-refractivity contribution in [3.63, 3.8) is 0 Å². The molecule has 0 bridgehead atoms. The predicted octanol–water partition coefficient (Wildman–Crippen LogP) is -0.123. The van der Waals surface area contributed by atoms with Crippen molar-refractivity contribution < 1.29 is 19.0 Å². The van der Waals surface area contributed by atoms with E-state index in [9.17, 15) is 4.79 Å². The lowest BCUT2D eigenvalue weighted by Crippen LogP contribution is -2.48. The van der Waals surface area contributed by atoms with Gasteiger partial charge in [-0.15, -0.1) is 0 Å². The summed E-state index contributed by atoms with van der Waals surface area (Å²) in [6, 6.07) is 0. The van der Waals surface area contributed by atoms with Crippen LogP contribution in [-0.4, -0.2) is 92.2 Å². The summed E-state index contributed by atoms with van der Waals surface area (Å²) >= 11 is 1.49. The SMILES string of the molecule is NC(=O)OC1SC=C(CN2CCOCC2)N1CN1CCOCC1. The minimum absolute atomic E-state index is 0.383. The number of carbonyl (C=O) groups is 1. The maximum absolute atomic E-state index is 11.2. The number of carbonyl (C=O) groups excluding carboxylic acids is 1. The van der Waals surface area contributed by atoms with Crippen LogP contribution in [0.5, 0.6) is 0 Å². The molecule has 3 rings (SSSR count). The van der Waals surface area contributed by atoms with Gasteiger partial charge in [-0.3, -0.25) is 9.80 Å². The quantitative estimate of drug-likeness (QED) is 0.739. The van der Waals surface area contributed by atoms with Crippen LogP contribution in [0.1, 0.15) is 0 Å². The van der Waals surface area contributed by atoms with Crippen LogP contribution in [0.4, 0.5) is 4.79 Å². The highest BCUT2D eigenvalue weighted by atomic mass is 32.2. The first-order valence-electron chi connectivity index (χ1n) is 7.90. The Labute approximate surface area is 140 Å². The zero-order valence-corrected chi connectivity index (χ0v) is 14.0. The number of thioether (sulfide) groups is 1. The van der Waals surface area contributed by atoms with Gasteiger partial charge in [0.1, 0.15) is 0 Å². The number of hydrogen-bond donors (Lipinski definition) is 1. The summed E-state index contributed by atoms with van der Waals surface area (Å²) in [5, 5.41) is 2.07. The lowest BCUT2D eigenvalue weighted by Gasteiger charge is -2.37. The van der Waals surface area contributed by atoms with Crippen molar-refractivity contribution in [3.8, 4) is 0 Å². The van der Waals surface area contributed by atoms with Crippen LogP contribution in [0.25, 0.3) is 0 Å². The van der Waals surface area contributed by atoms with Crippen molar-refractivity contribution >= 4 is 17.9 Å². The van der Waals surface area contributed by atoms with Gasteiger partial charge in [-0.1, -0.05) is 11.8 Å². The van der Waals surface area contributed by atoms with Crippen molar-refractivity contribution in [1.29, 1.82) is 0 Å². The molecule has 2 N–H and O–H groups in total. The second-order valence-electron chi connectivity index (χ2n) is 5.72. The van der Waals surface area contributed by atoms with Crippen LogP contribution in [0, 0.1) is 0 Å². The first-order valence-corrected chi connectivity index (χ1v) is 8.84. The van der Waals surface area contributed by atoms with Crippen molar-refractivity contribution in [1.82, 2.24) is 14.7 Å². The van der Waals surface area contributed by atoms with Gasteiger partial charge in [0, 0.05) is 38.4 Å². The van der Waals surface area contributed by atoms with Gasteiger partial charge in [0.05, 0.1) is 33.1 Å². The molecule has 8 nitrogen and oxygen atoms in total. The van der Waals surface area contributed by atoms with E-state index in [0.29, 0.717) is 6.67 Å². The molecule has 3 aliphatic rings. The molecule has 1 amide bonds. The zero-order chi connectivity index (χ0) is 16.1. The van der Waals surface area contributed by atoms with E-state index >= 15 is 0 Å². The minimum atomic E-state index is -0.740. The van der Waals surface area contributed by atoms with Crippen LogP contribution < -0.4 is 5.73 Å². The van der Waals surface area contributed by atoms with Crippen LogP contribution in [0.15, 0.2) is 11.1 Å². The van der Waals surface area contributed by atoms with Crippen LogP contribution in [-0.2, 0) is 14.2 Å². The Morgan fingerprint density at radius 1 is 1.17 bits per heavy atom. The third-order valence-electron chi connectivity index (χ3n) is 4.11. The van der Waals surface area contributed by atoms with E-state index in [4.69, 9.17) is 19.9 Å². The predicted molar refractivity (Wildman–Crippen MR) is 86.5 cm³/mol. The lowest BCUT2D eigenvalue weighted by molar-refractivity contribution is -0.0149. The van der Waals surface area contributed by atoms with Crippen LogP contribution >= 0.6 is 11.8 Å². The molecule has 2 fully saturated rings. The first kappa shape index (κ1) is 16.8. The molecule has 0 aromatic heterocycles. The molecule has 0 radical (unpaired) electrons. The summed E-state index contributed by atoms with van der Waals surface area (Å²) in [5.74, 6) is 0. The number of primary amides is 1. The Balaban J connectivity index is 1.61. The topological polar surface area (TPSA) is 80.5 Å². The Morgan fingerprint density at radius 3 is 2.39 bits per heavy atom. The summed E-state index contributed by atoms with van der Waals surface area (Å²) < 4.78 is 16.1. The second kappa shape index (κ2) is 8.20. The molecule has 0 aromatic rings. The molecular weight excluding hydrogens is 320 g/mol. The largest absolute Gasteiger partial charge is 0.415 e. The van der Waals surface area contributed by atoms with Crippen LogP contribution in [0.3, 0.4) is 0 Å². The molecule has 0 spiro atoms. The van der Waals surface area contributed by atoms with Gasteiger partial charge in [0.25, 0.3) is 0 Å². The van der Waals surface area contributed by atoms with E-state index in [1.807, 2.05) is 0 Å². The fourth-order valence-electron chi connectivity index (χ4n) is 2.84. The van der Waals surface area contributed by atoms with Gasteiger partial charge in [-0.25, -0.2) is 4.79 Å². The normalized spacial score (nSPS) is 27.0. The highest BCUT2D eigenvalue weighted by molar-refractivity contribution is 8.02. The van der Waals surface area contributed by atoms with Crippen LogP contribution in [0.2, 0.25) is 0 Å². The molecular formula is C14H24N4O4S. The van der Waals surface area contributed by atoms with Gasteiger partial charge >= 0.3 is 6.09 Å². The molecule has 23 heavy (non-hydrogen) atoms. The third kappa shape index (κ3) is 4.74. The molecule has 0 aromatic carbocycles. The standard InChI is InChI=1S/C14H24N4O4S/c15-13(19)22-14-18(11-17-3-7-21-8-4-17)12(10-23-14)9-16-1-5-20-6-2-16/h10,14H,1-9,11H2,(H2,15,19). The molecule has 2 saturated heterocycles. The second-order valence-corrected chi connectivity index (χ2v) is 6.63. The number of morpholine rings is 2. The number of rotatable bonds is 5. The fourth-order valence-corrected chi connectivity index (χ4v) is 3.82. The number of nitrogens with two attached hydrogens (primary N) is 1. The van der Waals surface area contributed by atoms with Crippen molar-refractivity contribution in [2.75, 3.05) is 65.8 Å². The maximum atomic E-state index is 11.2. The smallest absolute Gasteiger partial charge is 0.407 e. The van der Waals surface area contributed by atoms with Gasteiger partial charge in [0.15, 0.2) is 0 Å². The number of nitrogens with zero attached hydrogens (tertiary/aromatic N) is 3. The van der Waals surface area contributed by atoms with Gasteiger partial charge < -0.3 is 24.8 Å². The average molecular weight is 344 g/mol. The average Bonchev–Trinajstić information content (AvgIpc) is 2.91. The van der Waals surface area contributed by atoms with Crippen molar-refractivity contribution in [2.24, 2.45) is 5.73 Å². The monoisotopic (exact) mass is 344 g/mol. The van der Waals surface area contributed by atoms with Crippen molar-refractivity contribution in [3.05, 3.63) is 11.1 Å². The molecule has 130 valence electrons. The summed E-state index contributed by atoms with van der Waals surface area (Å²) in [5.41, 5.74) is 5.99. The molecule has 0 saturated carbocycles. The number of hydrogen-bond acceptors (Lipinski definition) is 8. The summed E-state index contributed by atoms with van der Waals surface area (Å²) in [7, 11) is 0. The molecule has 9 heteroatoms. The van der Waals surface area contributed by atoms with E-state index in [-0.39, 0.29) is 5.56 Å². The summed E-state index contributed by atoms with van der Waals surface area (Å²) in [4.78, 5) is 17.9. The Hall–Kier alpha value is -1.00. The number of amides is 1. The Bertz CT molecular complexity index is 438. The van der Waals surface area contributed by atoms with Crippen molar-refractivity contribution in [2.45, 2.75) is 5.56 Å². The van der Waals surface area contributed by atoms with E-state index in [1.165, 1.54) is 11.8 Å². The van der Waals surface area contributed by atoms with Gasteiger partial charge in [0.2, 0.25) is 5.56 Å². The minimum Gasteiger partial charge on any atom is -0.415 e. The lowest BCUT2D eigenvalue weighted by atomic mass is 10.3. The van der Waals surface area contributed by atoms with E-state index < -0.39 is 6.09 Å². The summed E-state index contributed by atoms with van der Waals surface area (Å²) in [6.45, 7) is 8.18. The number of ether oxygens (including phenoxy) is 3. The molecule has 1 unspecified atom stereocenters. The Kier molecular flexibility index (Phi) is 6.01. The third-order valence-corrected chi connectivity index (χ3v) is 5.10. The van der Waals surface area contributed by atoms with E-state index in [0.717, 1.165) is 64.8 Å². The molecule has 0 aliphatic carbocycles. The molecule has 1 atom stereocenters. The Morgan fingerprint density at radius 2 is 1.78 bits per heavy atom. The molecule has 3 heterocycles. The van der Waals surface area contributed by atoms with E-state index in [1.54, 1.807) is 0 Å².